The molecule has 4 aromatic rings. The van der Waals surface area contributed by atoms with Crippen LogP contribution in [0.1, 0.15) is 0 Å². The van der Waals surface area contributed by atoms with Gasteiger partial charge in [0, 0.05) is 24.5 Å². The molecule has 2 heterocycles. The number of hydrogen-bond acceptors (Lipinski definition) is 7. The van der Waals surface area contributed by atoms with E-state index in [1.807, 2.05) is 24.3 Å². The van der Waals surface area contributed by atoms with Gasteiger partial charge < -0.3 is 15.1 Å². The summed E-state index contributed by atoms with van der Waals surface area (Å²) in [5.74, 6) is 0.593. The summed E-state index contributed by atoms with van der Waals surface area (Å²) in [6.07, 6.45) is 1.49. The lowest BCUT2D eigenvalue weighted by molar-refractivity contribution is -0.384. The van der Waals surface area contributed by atoms with E-state index in [1.165, 1.54) is 12.4 Å². The Morgan fingerprint density at radius 2 is 1.77 bits per heavy atom. The molecular weight excluding hydrogens is 334 g/mol. The number of furan rings is 1. The van der Waals surface area contributed by atoms with E-state index in [0.717, 1.165) is 16.5 Å². The number of para-hydroxylation sites is 3. The number of nitro groups is 1. The van der Waals surface area contributed by atoms with Crippen molar-refractivity contribution in [1.29, 1.82) is 0 Å². The Hall–Kier alpha value is -3.68. The van der Waals surface area contributed by atoms with Crippen LogP contribution in [0, 0.1) is 10.1 Å². The van der Waals surface area contributed by atoms with Crippen molar-refractivity contribution in [2.45, 2.75) is 0 Å². The van der Waals surface area contributed by atoms with Gasteiger partial charge in [-0.3, -0.25) is 10.1 Å². The van der Waals surface area contributed by atoms with Crippen molar-refractivity contribution in [3.05, 3.63) is 65.0 Å². The average Bonchev–Trinajstić information content (AvgIpc) is 3.05. The molecule has 0 radical (unpaired) electrons. The Bertz CT molecular complexity index is 1090. The van der Waals surface area contributed by atoms with Crippen molar-refractivity contribution in [3.63, 3.8) is 0 Å². The molecule has 4 rings (SSSR count). The third-order valence-electron chi connectivity index (χ3n) is 3.99. The van der Waals surface area contributed by atoms with E-state index in [9.17, 15) is 10.1 Å². The molecule has 0 aliphatic carbocycles. The summed E-state index contributed by atoms with van der Waals surface area (Å²) < 4.78 is 5.85. The van der Waals surface area contributed by atoms with E-state index in [-0.39, 0.29) is 5.69 Å². The molecule has 0 saturated heterocycles. The molecule has 0 saturated carbocycles. The molecule has 8 nitrogen and oxygen atoms in total. The normalized spacial score (nSPS) is 10.9. The number of hydrogen-bond donors (Lipinski definition) is 2. The third-order valence-corrected chi connectivity index (χ3v) is 3.99. The van der Waals surface area contributed by atoms with Crippen molar-refractivity contribution in [1.82, 2.24) is 9.97 Å². The van der Waals surface area contributed by atoms with E-state index in [4.69, 9.17) is 4.42 Å². The Morgan fingerprint density at radius 3 is 2.65 bits per heavy atom. The minimum absolute atomic E-state index is 0.0502. The van der Waals surface area contributed by atoms with Gasteiger partial charge in [-0.25, -0.2) is 9.97 Å². The number of rotatable bonds is 6. The van der Waals surface area contributed by atoms with Gasteiger partial charge in [-0.05, 0) is 18.2 Å². The molecule has 0 fully saturated rings. The van der Waals surface area contributed by atoms with Crippen LogP contribution in [0.2, 0.25) is 0 Å². The fourth-order valence-corrected chi connectivity index (χ4v) is 2.81. The quantitative estimate of drug-likeness (QED) is 0.310. The summed E-state index contributed by atoms with van der Waals surface area (Å²) in [6, 6.07) is 14.2. The Labute approximate surface area is 148 Å². The summed E-state index contributed by atoms with van der Waals surface area (Å²) >= 11 is 0. The number of aromatic nitrogens is 2. The van der Waals surface area contributed by atoms with Gasteiger partial charge in [0.1, 0.15) is 23.1 Å². The average molecular weight is 349 g/mol. The molecule has 2 aromatic heterocycles. The maximum atomic E-state index is 11.0. The first-order chi connectivity index (χ1) is 12.7. The van der Waals surface area contributed by atoms with E-state index in [2.05, 4.69) is 20.6 Å². The number of benzene rings is 2. The number of nitrogens with zero attached hydrogens (tertiary/aromatic N) is 3. The molecule has 2 aromatic carbocycles. The first-order valence-corrected chi connectivity index (χ1v) is 8.07. The van der Waals surface area contributed by atoms with Gasteiger partial charge in [0.05, 0.1) is 4.92 Å². The highest BCUT2D eigenvalue weighted by atomic mass is 16.6. The lowest BCUT2D eigenvalue weighted by atomic mass is 10.2. The van der Waals surface area contributed by atoms with Gasteiger partial charge in [-0.15, -0.1) is 0 Å². The maximum Gasteiger partial charge on any atom is 0.292 e. The van der Waals surface area contributed by atoms with Crippen LogP contribution in [0.15, 0.2) is 59.3 Å². The minimum Gasteiger partial charge on any atom is -0.450 e. The van der Waals surface area contributed by atoms with Crippen LogP contribution < -0.4 is 10.6 Å². The molecule has 0 aliphatic heterocycles. The Balaban J connectivity index is 1.48. The van der Waals surface area contributed by atoms with Gasteiger partial charge in [0.15, 0.2) is 11.4 Å². The highest BCUT2D eigenvalue weighted by Crippen LogP contribution is 2.30. The van der Waals surface area contributed by atoms with Gasteiger partial charge in [0.25, 0.3) is 5.69 Å². The third kappa shape index (κ3) is 2.88. The second-order valence-corrected chi connectivity index (χ2v) is 5.63. The summed E-state index contributed by atoms with van der Waals surface area (Å²) in [6.45, 7) is 0.992. The van der Waals surface area contributed by atoms with Crippen LogP contribution in [0.4, 0.5) is 17.2 Å². The van der Waals surface area contributed by atoms with E-state index in [0.29, 0.717) is 30.2 Å². The molecule has 130 valence electrons. The molecule has 26 heavy (non-hydrogen) atoms. The largest absolute Gasteiger partial charge is 0.450 e. The van der Waals surface area contributed by atoms with E-state index < -0.39 is 4.92 Å². The highest BCUT2D eigenvalue weighted by molar-refractivity contribution is 6.05. The number of fused-ring (bicyclic) bond motifs is 3. The van der Waals surface area contributed by atoms with Crippen LogP contribution >= 0.6 is 0 Å². The zero-order valence-electron chi connectivity index (χ0n) is 13.7. The van der Waals surface area contributed by atoms with Crippen LogP contribution in [0.25, 0.3) is 22.1 Å². The van der Waals surface area contributed by atoms with Gasteiger partial charge >= 0.3 is 0 Å². The first kappa shape index (κ1) is 15.8. The van der Waals surface area contributed by atoms with Crippen molar-refractivity contribution in [2.24, 2.45) is 0 Å². The van der Waals surface area contributed by atoms with Crippen molar-refractivity contribution in [2.75, 3.05) is 23.7 Å². The number of nitro benzene ring substituents is 1. The molecule has 0 amide bonds. The molecular formula is C18H15N5O3. The van der Waals surface area contributed by atoms with Gasteiger partial charge in [0.2, 0.25) is 0 Å². The second-order valence-electron chi connectivity index (χ2n) is 5.63. The van der Waals surface area contributed by atoms with Crippen LogP contribution in [0.3, 0.4) is 0 Å². The predicted molar refractivity (Wildman–Crippen MR) is 99.4 cm³/mol. The molecule has 0 atom stereocenters. The monoisotopic (exact) mass is 349 g/mol. The predicted octanol–water partition coefficient (Wildman–Crippen LogP) is 3.81. The van der Waals surface area contributed by atoms with Crippen LogP contribution in [0.5, 0.6) is 0 Å². The molecule has 8 heteroatoms. The highest BCUT2D eigenvalue weighted by Gasteiger charge is 2.13. The minimum atomic E-state index is -0.405. The number of nitrogens with one attached hydrogen (secondary N) is 2. The zero-order valence-corrected chi connectivity index (χ0v) is 13.7. The van der Waals surface area contributed by atoms with Crippen LogP contribution in [-0.2, 0) is 0 Å². The number of anilines is 2. The molecule has 0 unspecified atom stereocenters. The maximum absolute atomic E-state index is 11.0. The summed E-state index contributed by atoms with van der Waals surface area (Å²) in [4.78, 5) is 19.2. The summed E-state index contributed by atoms with van der Waals surface area (Å²) in [7, 11) is 0. The molecule has 0 spiro atoms. The standard InChI is InChI=1S/C18H15N5O3/c24-23(25)14-7-3-2-6-13(14)19-9-10-20-18-17-16(21-11-22-18)12-5-1-4-8-15(12)26-17/h1-8,11,19H,9-10H2,(H,20,21,22). The van der Waals surface area contributed by atoms with Crippen molar-refractivity contribution in [3.8, 4) is 0 Å². The topological polar surface area (TPSA) is 106 Å². The van der Waals surface area contributed by atoms with Gasteiger partial charge in [-0.1, -0.05) is 24.3 Å². The Kier molecular flexibility index (Phi) is 4.06. The van der Waals surface area contributed by atoms with Crippen LogP contribution in [-0.4, -0.2) is 28.0 Å². The first-order valence-electron chi connectivity index (χ1n) is 8.07. The van der Waals surface area contributed by atoms with Crippen molar-refractivity contribution >= 4 is 39.3 Å². The summed E-state index contributed by atoms with van der Waals surface area (Å²) in [5.41, 5.74) is 2.64. The fraction of sp³-hybridized carbons (Fsp3) is 0.111. The summed E-state index contributed by atoms with van der Waals surface area (Å²) in [5, 5.41) is 18.2. The fourth-order valence-electron chi connectivity index (χ4n) is 2.81. The smallest absolute Gasteiger partial charge is 0.292 e. The lowest BCUT2D eigenvalue weighted by Gasteiger charge is -2.08. The second kappa shape index (κ2) is 6.67. The SMILES string of the molecule is O=[N+]([O-])c1ccccc1NCCNc1ncnc2c1oc1ccccc12. The molecule has 0 bridgehead atoms. The molecule has 0 aliphatic rings. The van der Waals surface area contributed by atoms with E-state index >= 15 is 0 Å². The lowest BCUT2D eigenvalue weighted by Crippen LogP contribution is -2.15. The zero-order chi connectivity index (χ0) is 17.9. The van der Waals surface area contributed by atoms with Crippen molar-refractivity contribution < 1.29 is 9.34 Å². The Morgan fingerprint density at radius 1 is 1.00 bits per heavy atom. The van der Waals surface area contributed by atoms with E-state index in [1.54, 1.807) is 18.2 Å². The van der Waals surface area contributed by atoms with Gasteiger partial charge in [-0.2, -0.15) is 0 Å². The molecule has 2 N–H and O–H groups in total.